The zero-order chi connectivity index (χ0) is 7.40. The van der Waals surface area contributed by atoms with Gasteiger partial charge in [0.1, 0.15) is 0 Å². The highest BCUT2D eigenvalue weighted by Gasteiger charge is 2.13. The van der Waals surface area contributed by atoms with Gasteiger partial charge in [0.2, 0.25) is 0 Å². The van der Waals surface area contributed by atoms with Crippen molar-refractivity contribution in [2.75, 3.05) is 6.61 Å². The maximum Gasteiger partial charge on any atom is 0.185 e. The summed E-state index contributed by atoms with van der Waals surface area (Å²) in [7, 11) is 0. The van der Waals surface area contributed by atoms with E-state index in [1.54, 1.807) is 0 Å². The Labute approximate surface area is 69.1 Å². The van der Waals surface area contributed by atoms with Gasteiger partial charge >= 0.3 is 0 Å². The topological polar surface area (TPSA) is 21.3 Å². The van der Waals surface area contributed by atoms with Crippen LogP contribution in [0.25, 0.3) is 0 Å². The molecule has 1 aliphatic rings. The van der Waals surface area contributed by atoms with Crippen LogP contribution in [-0.4, -0.2) is 11.7 Å². The molecule has 10 heavy (non-hydrogen) atoms. The molecule has 0 radical (unpaired) electrons. The first-order valence-electron chi connectivity index (χ1n) is 3.17. The molecule has 1 aliphatic heterocycles. The van der Waals surface area contributed by atoms with Gasteiger partial charge < -0.3 is 10.1 Å². The van der Waals surface area contributed by atoms with Crippen molar-refractivity contribution >= 4 is 15.9 Å². The fourth-order valence-corrected chi connectivity index (χ4v) is 1.13. The third kappa shape index (κ3) is 2.15. The molecular weight excluding hydrogens is 194 g/mol. The minimum atomic E-state index is -0.0102. The molecule has 3 heteroatoms. The molecule has 0 aromatic rings. The number of halogens is 1. The number of rotatable bonds is 1. The highest BCUT2D eigenvalue weighted by atomic mass is 79.9. The second-order valence-corrected chi connectivity index (χ2v) is 2.82. The maximum absolute atomic E-state index is 5.17. The van der Waals surface area contributed by atoms with Crippen molar-refractivity contribution in [2.24, 2.45) is 0 Å². The van der Waals surface area contributed by atoms with E-state index in [2.05, 4.69) is 21.2 Å². The Morgan fingerprint density at radius 1 is 1.80 bits per heavy atom. The van der Waals surface area contributed by atoms with Gasteiger partial charge in [0.15, 0.2) is 5.14 Å². The number of nitrogens with one attached hydrogen (secondary N) is 1. The van der Waals surface area contributed by atoms with Crippen LogP contribution in [0.15, 0.2) is 23.9 Å². The largest absolute Gasteiger partial charge is 0.353 e. The second-order valence-electron chi connectivity index (χ2n) is 1.99. The molecule has 1 heterocycles. The van der Waals surface area contributed by atoms with Gasteiger partial charge in [-0.1, -0.05) is 12.2 Å². The van der Waals surface area contributed by atoms with E-state index in [0.29, 0.717) is 6.61 Å². The zero-order valence-corrected chi connectivity index (χ0v) is 7.39. The normalized spacial score (nSPS) is 29.8. The Morgan fingerprint density at radius 3 is 3.10 bits per heavy atom. The number of hydrogen-bond acceptors (Lipinski definition) is 2. The van der Waals surface area contributed by atoms with Crippen molar-refractivity contribution in [3.8, 4) is 0 Å². The molecule has 1 saturated heterocycles. The average Bonchev–Trinajstić information content (AvgIpc) is 2.31. The summed E-state index contributed by atoms with van der Waals surface area (Å²) in [5.41, 5.74) is 1.11. The Kier molecular flexibility index (Phi) is 2.96. The van der Waals surface area contributed by atoms with Crippen molar-refractivity contribution in [1.82, 2.24) is 5.32 Å². The van der Waals surface area contributed by atoms with Crippen LogP contribution < -0.4 is 5.32 Å². The van der Waals surface area contributed by atoms with Crippen LogP contribution in [-0.2, 0) is 4.74 Å². The number of allylic oxidation sites excluding steroid dienone is 3. The van der Waals surface area contributed by atoms with Crippen molar-refractivity contribution < 1.29 is 4.74 Å². The lowest BCUT2D eigenvalue weighted by Gasteiger charge is -1.96. The van der Waals surface area contributed by atoms with Crippen LogP contribution in [0.1, 0.15) is 6.92 Å². The maximum atomic E-state index is 5.17. The minimum absolute atomic E-state index is 0.0102. The molecule has 1 atom stereocenters. The van der Waals surface area contributed by atoms with Crippen molar-refractivity contribution in [3.63, 3.8) is 0 Å². The van der Waals surface area contributed by atoms with E-state index in [-0.39, 0.29) is 5.14 Å². The van der Waals surface area contributed by atoms with Gasteiger partial charge in [0.25, 0.3) is 0 Å². The zero-order valence-electron chi connectivity index (χ0n) is 5.80. The summed E-state index contributed by atoms with van der Waals surface area (Å²) in [4.78, 5) is 0. The quantitative estimate of drug-likeness (QED) is 0.518. The van der Waals surface area contributed by atoms with Crippen molar-refractivity contribution in [3.05, 3.63) is 23.9 Å². The van der Waals surface area contributed by atoms with Gasteiger partial charge in [-0.05, 0) is 28.9 Å². The van der Waals surface area contributed by atoms with Gasteiger partial charge in [-0.25, -0.2) is 0 Å². The van der Waals surface area contributed by atoms with E-state index in [9.17, 15) is 0 Å². The van der Waals surface area contributed by atoms with Gasteiger partial charge in [0, 0.05) is 5.70 Å². The molecule has 2 nitrogen and oxygen atoms in total. The first-order chi connectivity index (χ1) is 4.83. The molecule has 1 fully saturated rings. The molecule has 0 saturated carbocycles. The Hall–Kier alpha value is -0.280. The van der Waals surface area contributed by atoms with Crippen LogP contribution in [0.5, 0.6) is 0 Å². The lowest BCUT2D eigenvalue weighted by Crippen LogP contribution is -2.12. The van der Waals surface area contributed by atoms with Crippen LogP contribution in [0.2, 0.25) is 0 Å². The SMILES string of the molecule is C/C=C\C=C1/COC(Br)N1. The molecular formula is C7H10BrNO. The molecule has 0 amide bonds. The molecule has 0 spiro atoms. The highest BCUT2D eigenvalue weighted by Crippen LogP contribution is 2.10. The Morgan fingerprint density at radius 2 is 2.60 bits per heavy atom. The van der Waals surface area contributed by atoms with Crippen molar-refractivity contribution in [1.29, 1.82) is 0 Å². The van der Waals surface area contributed by atoms with E-state index < -0.39 is 0 Å². The van der Waals surface area contributed by atoms with E-state index >= 15 is 0 Å². The fraction of sp³-hybridized carbons (Fsp3) is 0.429. The summed E-state index contributed by atoms with van der Waals surface area (Å²) in [6, 6.07) is 0. The van der Waals surface area contributed by atoms with Crippen LogP contribution in [0.4, 0.5) is 0 Å². The van der Waals surface area contributed by atoms with Gasteiger partial charge in [-0.3, -0.25) is 0 Å². The molecule has 0 aromatic carbocycles. The summed E-state index contributed by atoms with van der Waals surface area (Å²) in [6.07, 6.45) is 5.97. The summed E-state index contributed by atoms with van der Waals surface area (Å²) in [5, 5.41) is 3.08. The molecule has 1 rings (SSSR count). The third-order valence-corrected chi connectivity index (χ3v) is 1.67. The first-order valence-corrected chi connectivity index (χ1v) is 4.08. The lowest BCUT2D eigenvalue weighted by molar-refractivity contribution is 0.175. The highest BCUT2D eigenvalue weighted by molar-refractivity contribution is 9.09. The van der Waals surface area contributed by atoms with Gasteiger partial charge in [0.05, 0.1) is 6.61 Å². The molecule has 56 valence electrons. The molecule has 1 unspecified atom stereocenters. The van der Waals surface area contributed by atoms with Crippen LogP contribution >= 0.6 is 15.9 Å². The lowest BCUT2D eigenvalue weighted by atomic mass is 10.4. The number of ether oxygens (including phenoxy) is 1. The van der Waals surface area contributed by atoms with E-state index in [4.69, 9.17) is 4.74 Å². The van der Waals surface area contributed by atoms with Crippen molar-refractivity contribution in [2.45, 2.75) is 12.1 Å². The smallest absolute Gasteiger partial charge is 0.185 e. The van der Waals surface area contributed by atoms with Crippen LogP contribution in [0, 0.1) is 0 Å². The predicted octanol–water partition coefficient (Wildman–Crippen LogP) is 1.74. The summed E-state index contributed by atoms with van der Waals surface area (Å²) >= 11 is 3.27. The average molecular weight is 204 g/mol. The van der Waals surface area contributed by atoms with E-state index in [1.807, 2.05) is 25.2 Å². The minimum Gasteiger partial charge on any atom is -0.353 e. The number of alkyl halides is 1. The van der Waals surface area contributed by atoms with Gasteiger partial charge in [-0.15, -0.1) is 0 Å². The van der Waals surface area contributed by atoms with Gasteiger partial charge in [-0.2, -0.15) is 0 Å². The Balaban J connectivity index is 2.43. The van der Waals surface area contributed by atoms with E-state index in [1.165, 1.54) is 0 Å². The fourth-order valence-electron chi connectivity index (χ4n) is 0.701. The summed E-state index contributed by atoms with van der Waals surface area (Å²) in [5.74, 6) is 0. The summed E-state index contributed by atoms with van der Waals surface area (Å²) in [6.45, 7) is 2.65. The first kappa shape index (κ1) is 7.82. The monoisotopic (exact) mass is 203 g/mol. The molecule has 0 aliphatic carbocycles. The summed E-state index contributed by atoms with van der Waals surface area (Å²) < 4.78 is 5.17. The van der Waals surface area contributed by atoms with Crippen LogP contribution in [0.3, 0.4) is 0 Å². The second kappa shape index (κ2) is 3.78. The third-order valence-electron chi connectivity index (χ3n) is 1.17. The van der Waals surface area contributed by atoms with E-state index in [0.717, 1.165) is 5.70 Å². The number of hydrogen-bond donors (Lipinski definition) is 1. The Bertz CT molecular complexity index is 165. The molecule has 0 aromatic heterocycles. The molecule has 0 bridgehead atoms. The molecule has 1 N–H and O–H groups in total. The predicted molar refractivity (Wildman–Crippen MR) is 44.7 cm³/mol. The standard InChI is InChI=1S/C7H10BrNO/c1-2-3-4-6-5-10-7(8)9-6/h2-4,7,9H,5H2,1H3/b3-2-,6-4+.